The zero-order chi connectivity index (χ0) is 20.5. The fourth-order valence-electron chi connectivity index (χ4n) is 2.41. The van der Waals surface area contributed by atoms with Crippen molar-refractivity contribution in [3.8, 4) is 5.75 Å². The Balaban J connectivity index is 1.55. The second-order valence-electron chi connectivity index (χ2n) is 6.05. The smallest absolute Gasteiger partial charge is 0.180 e. The zero-order valence-corrected chi connectivity index (χ0v) is 16.3. The predicted molar refractivity (Wildman–Crippen MR) is 114 cm³/mol. The Hall–Kier alpha value is -3.19. The minimum Gasteiger partial charge on any atom is -0.489 e. The molecule has 0 bridgehead atoms. The van der Waals surface area contributed by atoms with Crippen LogP contribution in [0.25, 0.3) is 0 Å². The van der Waals surface area contributed by atoms with Crippen LogP contribution in [0, 0.1) is 11.6 Å². The molecule has 0 saturated heterocycles. The average molecular weight is 411 g/mol. The van der Waals surface area contributed by atoms with Crippen LogP contribution in [0.5, 0.6) is 5.75 Å². The molecule has 4 nitrogen and oxygen atoms in total. The molecule has 3 aromatic rings. The molecule has 0 aliphatic heterocycles. The van der Waals surface area contributed by atoms with Crippen molar-refractivity contribution >= 4 is 23.1 Å². The maximum absolute atomic E-state index is 13.7. The van der Waals surface area contributed by atoms with Gasteiger partial charge in [-0.05, 0) is 41.5 Å². The van der Waals surface area contributed by atoms with E-state index in [1.54, 1.807) is 24.4 Å². The van der Waals surface area contributed by atoms with E-state index in [0.29, 0.717) is 16.7 Å². The maximum Gasteiger partial charge on any atom is 0.180 e. The number of nitrogens with two attached hydrogens (primary N) is 1. The van der Waals surface area contributed by atoms with Crippen molar-refractivity contribution in [3.05, 3.63) is 101 Å². The molecule has 2 N–H and O–H groups in total. The van der Waals surface area contributed by atoms with Crippen molar-refractivity contribution < 1.29 is 13.5 Å². The van der Waals surface area contributed by atoms with E-state index >= 15 is 0 Å². The Kier molecular flexibility index (Phi) is 7.35. The van der Waals surface area contributed by atoms with Gasteiger partial charge < -0.3 is 10.5 Å². The third-order valence-corrected chi connectivity index (χ3v) is 4.71. The minimum absolute atomic E-state index is 0.0780. The van der Waals surface area contributed by atoms with Crippen molar-refractivity contribution in [2.24, 2.45) is 15.9 Å². The van der Waals surface area contributed by atoms with E-state index in [1.807, 2.05) is 36.4 Å². The second-order valence-corrected chi connectivity index (χ2v) is 7.05. The highest BCUT2D eigenvalue weighted by Crippen LogP contribution is 2.17. The quantitative estimate of drug-likeness (QED) is 0.333. The number of rotatable bonds is 7. The summed E-state index contributed by atoms with van der Waals surface area (Å²) in [5, 5.41) is 8.32. The highest BCUT2D eigenvalue weighted by atomic mass is 32.2. The lowest BCUT2D eigenvalue weighted by molar-refractivity contribution is 0.299. The molecule has 0 unspecified atom stereocenters. The third-order valence-electron chi connectivity index (χ3n) is 3.85. The summed E-state index contributed by atoms with van der Waals surface area (Å²) in [4.78, 5) is 0. The number of halogens is 2. The number of ether oxygens (including phenoxy) is 1. The van der Waals surface area contributed by atoms with Gasteiger partial charge in [0, 0.05) is 11.3 Å². The Bertz CT molecular complexity index is 1010. The summed E-state index contributed by atoms with van der Waals surface area (Å²) in [5.74, 6) is 0.201. The molecule has 0 radical (unpaired) electrons. The zero-order valence-electron chi connectivity index (χ0n) is 15.5. The molecule has 3 aromatic carbocycles. The van der Waals surface area contributed by atoms with Gasteiger partial charge in [0.25, 0.3) is 0 Å². The molecular formula is C22H19F2N3OS. The van der Waals surface area contributed by atoms with E-state index in [4.69, 9.17) is 10.5 Å². The van der Waals surface area contributed by atoms with Crippen LogP contribution in [-0.2, 0) is 12.4 Å². The number of nitrogens with zero attached hydrogens (tertiary/aromatic N) is 2. The summed E-state index contributed by atoms with van der Waals surface area (Å²) in [6, 6.07) is 20.3. The number of benzene rings is 3. The first-order valence-electron chi connectivity index (χ1n) is 8.80. The van der Waals surface area contributed by atoms with Gasteiger partial charge in [0.05, 0.1) is 6.21 Å². The summed E-state index contributed by atoms with van der Waals surface area (Å²) < 4.78 is 32.4. The second kappa shape index (κ2) is 10.4. The van der Waals surface area contributed by atoms with Gasteiger partial charge in [-0.3, -0.25) is 0 Å². The van der Waals surface area contributed by atoms with Crippen LogP contribution in [-0.4, -0.2) is 11.4 Å². The van der Waals surface area contributed by atoms with Gasteiger partial charge in [-0.15, -0.1) is 5.10 Å². The predicted octanol–water partition coefficient (Wildman–Crippen LogP) is 5.13. The molecule has 0 fully saturated rings. The van der Waals surface area contributed by atoms with Crippen molar-refractivity contribution in [1.29, 1.82) is 0 Å². The van der Waals surface area contributed by atoms with Crippen molar-refractivity contribution in [2.45, 2.75) is 12.4 Å². The SMILES string of the molecule is NC(=NN=Cc1cccc(OCc2cc(F)ccc2F)c1)SCc1ccccc1. The molecule has 148 valence electrons. The van der Waals surface area contributed by atoms with Gasteiger partial charge in [-0.25, -0.2) is 8.78 Å². The van der Waals surface area contributed by atoms with Gasteiger partial charge in [-0.2, -0.15) is 5.10 Å². The van der Waals surface area contributed by atoms with E-state index in [1.165, 1.54) is 11.8 Å². The highest BCUT2D eigenvalue weighted by Gasteiger charge is 2.05. The van der Waals surface area contributed by atoms with Crippen LogP contribution in [0.4, 0.5) is 8.78 Å². The summed E-state index contributed by atoms with van der Waals surface area (Å²) in [5.41, 5.74) is 7.91. The molecule has 0 spiro atoms. The topological polar surface area (TPSA) is 60.0 Å². The van der Waals surface area contributed by atoms with Crippen LogP contribution in [0.15, 0.2) is 83.0 Å². The Morgan fingerprint density at radius 1 is 1.00 bits per heavy atom. The van der Waals surface area contributed by atoms with Crippen LogP contribution in [0.2, 0.25) is 0 Å². The van der Waals surface area contributed by atoms with E-state index in [9.17, 15) is 8.78 Å². The molecule has 0 aliphatic rings. The van der Waals surface area contributed by atoms with Gasteiger partial charge in [-0.1, -0.05) is 54.2 Å². The molecule has 0 heterocycles. The lowest BCUT2D eigenvalue weighted by atomic mass is 10.2. The summed E-state index contributed by atoms with van der Waals surface area (Å²) in [6.07, 6.45) is 1.55. The van der Waals surface area contributed by atoms with Crippen LogP contribution < -0.4 is 10.5 Å². The van der Waals surface area contributed by atoms with E-state index in [2.05, 4.69) is 10.2 Å². The van der Waals surface area contributed by atoms with E-state index in [-0.39, 0.29) is 12.2 Å². The molecule has 0 saturated carbocycles. The Morgan fingerprint density at radius 2 is 1.83 bits per heavy atom. The van der Waals surface area contributed by atoms with Gasteiger partial charge in [0.2, 0.25) is 0 Å². The Morgan fingerprint density at radius 3 is 2.66 bits per heavy atom. The molecule has 0 aromatic heterocycles. The van der Waals surface area contributed by atoms with Gasteiger partial charge >= 0.3 is 0 Å². The van der Waals surface area contributed by atoms with Crippen LogP contribution >= 0.6 is 11.8 Å². The lowest BCUT2D eigenvalue weighted by Crippen LogP contribution is -2.06. The highest BCUT2D eigenvalue weighted by molar-refractivity contribution is 8.13. The molecule has 0 amide bonds. The number of hydrogen-bond acceptors (Lipinski definition) is 4. The summed E-state index contributed by atoms with van der Waals surface area (Å²) >= 11 is 1.40. The first-order chi connectivity index (χ1) is 14.1. The van der Waals surface area contributed by atoms with E-state index in [0.717, 1.165) is 29.3 Å². The third kappa shape index (κ3) is 6.73. The molecule has 7 heteroatoms. The van der Waals surface area contributed by atoms with Gasteiger partial charge in [0.15, 0.2) is 5.17 Å². The average Bonchev–Trinajstić information content (AvgIpc) is 2.74. The molecule has 3 rings (SSSR count). The molecule has 0 aliphatic carbocycles. The largest absolute Gasteiger partial charge is 0.489 e. The lowest BCUT2D eigenvalue weighted by Gasteiger charge is -2.08. The molecular weight excluding hydrogens is 392 g/mol. The molecule has 29 heavy (non-hydrogen) atoms. The van der Waals surface area contributed by atoms with Crippen molar-refractivity contribution in [3.63, 3.8) is 0 Å². The first-order valence-corrected chi connectivity index (χ1v) is 9.79. The van der Waals surface area contributed by atoms with Crippen molar-refractivity contribution in [2.75, 3.05) is 0 Å². The maximum atomic E-state index is 13.7. The van der Waals surface area contributed by atoms with E-state index < -0.39 is 11.6 Å². The number of amidine groups is 1. The van der Waals surface area contributed by atoms with Crippen molar-refractivity contribution in [1.82, 2.24) is 0 Å². The number of hydrogen-bond donors (Lipinski definition) is 1. The fourth-order valence-corrected chi connectivity index (χ4v) is 3.02. The minimum atomic E-state index is -0.512. The molecule has 0 atom stereocenters. The summed E-state index contributed by atoms with van der Waals surface area (Å²) in [7, 11) is 0. The van der Waals surface area contributed by atoms with Crippen LogP contribution in [0.1, 0.15) is 16.7 Å². The monoisotopic (exact) mass is 411 g/mol. The summed E-state index contributed by atoms with van der Waals surface area (Å²) in [6.45, 7) is -0.0780. The Labute approximate surface area is 172 Å². The van der Waals surface area contributed by atoms with Crippen LogP contribution in [0.3, 0.4) is 0 Å². The van der Waals surface area contributed by atoms with Gasteiger partial charge in [0.1, 0.15) is 24.0 Å². The normalized spacial score (nSPS) is 11.7. The fraction of sp³-hybridized carbons (Fsp3) is 0.0909. The standard InChI is InChI=1S/C22H19F2N3OS/c23-19-9-10-21(24)18(12-19)14-28-20-8-4-7-17(11-20)13-26-27-22(25)29-15-16-5-2-1-3-6-16/h1-13H,14-15H2,(H2,25,27). The first kappa shape index (κ1) is 20.5. The number of thioether (sulfide) groups is 1.